The molecule has 2 rings (SSSR count). The summed E-state index contributed by atoms with van der Waals surface area (Å²) in [5.74, 6) is 0. The standard InChI is InChI=1S/C14H9BN2O/c16-9-11-3-1-5-13(7-11)15(18)14-6-2-4-12(8-14)10-17/h1-8,18H. The van der Waals surface area contributed by atoms with Crippen molar-refractivity contribution in [3.05, 3.63) is 59.7 Å². The molecule has 0 aliphatic carbocycles. The van der Waals surface area contributed by atoms with E-state index in [0.29, 0.717) is 22.1 Å². The van der Waals surface area contributed by atoms with Gasteiger partial charge in [-0.2, -0.15) is 10.5 Å². The highest BCUT2D eigenvalue weighted by Gasteiger charge is 2.17. The summed E-state index contributed by atoms with van der Waals surface area (Å²) in [6.07, 6.45) is 0. The van der Waals surface area contributed by atoms with Gasteiger partial charge in [-0.1, -0.05) is 24.3 Å². The molecule has 0 radical (unpaired) electrons. The van der Waals surface area contributed by atoms with Crippen LogP contribution in [0.1, 0.15) is 11.1 Å². The normalized spacial score (nSPS) is 9.28. The fraction of sp³-hybridized carbons (Fsp3) is 0. The van der Waals surface area contributed by atoms with Crippen LogP contribution < -0.4 is 10.9 Å². The first-order valence-electron chi connectivity index (χ1n) is 5.43. The Morgan fingerprint density at radius 3 is 1.67 bits per heavy atom. The zero-order valence-electron chi connectivity index (χ0n) is 9.54. The maximum atomic E-state index is 10.2. The van der Waals surface area contributed by atoms with Gasteiger partial charge >= 0.3 is 6.92 Å². The molecule has 0 bridgehead atoms. The molecule has 0 amide bonds. The van der Waals surface area contributed by atoms with Crippen LogP contribution in [-0.4, -0.2) is 11.9 Å². The highest BCUT2D eigenvalue weighted by molar-refractivity contribution is 6.78. The van der Waals surface area contributed by atoms with E-state index in [2.05, 4.69) is 0 Å². The third-order valence-corrected chi connectivity index (χ3v) is 2.66. The Balaban J connectivity index is 2.38. The highest BCUT2D eigenvalue weighted by atomic mass is 16.2. The average Bonchev–Trinajstić information content (AvgIpc) is 2.46. The Morgan fingerprint density at radius 2 is 1.28 bits per heavy atom. The van der Waals surface area contributed by atoms with Crippen molar-refractivity contribution in [2.75, 3.05) is 0 Å². The van der Waals surface area contributed by atoms with Crippen molar-refractivity contribution < 1.29 is 5.02 Å². The molecular weight excluding hydrogens is 223 g/mol. The van der Waals surface area contributed by atoms with Crippen LogP contribution in [0.25, 0.3) is 0 Å². The fourth-order valence-corrected chi connectivity index (χ4v) is 1.75. The first kappa shape index (κ1) is 11.9. The van der Waals surface area contributed by atoms with E-state index >= 15 is 0 Å². The molecule has 18 heavy (non-hydrogen) atoms. The lowest BCUT2D eigenvalue weighted by atomic mass is 9.55. The number of nitrogens with zero attached hydrogens (tertiary/aromatic N) is 2. The SMILES string of the molecule is N#Cc1cccc(B(O)c2cccc(C#N)c2)c1. The van der Waals surface area contributed by atoms with Crippen LogP contribution in [0.3, 0.4) is 0 Å². The van der Waals surface area contributed by atoms with Gasteiger partial charge in [0.05, 0.1) is 23.3 Å². The van der Waals surface area contributed by atoms with Gasteiger partial charge in [0, 0.05) is 0 Å². The third kappa shape index (κ3) is 2.40. The molecule has 0 atom stereocenters. The van der Waals surface area contributed by atoms with Crippen molar-refractivity contribution in [1.82, 2.24) is 0 Å². The van der Waals surface area contributed by atoms with E-state index < -0.39 is 6.92 Å². The average molecular weight is 232 g/mol. The van der Waals surface area contributed by atoms with E-state index in [-0.39, 0.29) is 0 Å². The summed E-state index contributed by atoms with van der Waals surface area (Å²) in [6, 6.07) is 17.7. The van der Waals surface area contributed by atoms with Crippen LogP contribution in [0, 0.1) is 22.7 Å². The van der Waals surface area contributed by atoms with Gasteiger partial charge in [-0.3, -0.25) is 0 Å². The Morgan fingerprint density at radius 1 is 0.833 bits per heavy atom. The van der Waals surface area contributed by atoms with E-state index in [9.17, 15) is 5.02 Å². The second-order valence-corrected chi connectivity index (χ2v) is 3.88. The summed E-state index contributed by atoms with van der Waals surface area (Å²) in [5.41, 5.74) is 2.29. The fourth-order valence-electron chi connectivity index (χ4n) is 1.75. The van der Waals surface area contributed by atoms with Crippen molar-refractivity contribution in [3.8, 4) is 12.1 Å². The smallest absolute Gasteiger partial charge is 0.359 e. The largest absolute Gasteiger partial charge is 0.443 e. The van der Waals surface area contributed by atoms with Crippen LogP contribution >= 0.6 is 0 Å². The predicted molar refractivity (Wildman–Crippen MR) is 69.6 cm³/mol. The van der Waals surface area contributed by atoms with Crippen LogP contribution in [-0.2, 0) is 0 Å². The second-order valence-electron chi connectivity index (χ2n) is 3.88. The molecule has 0 aliphatic heterocycles. The van der Waals surface area contributed by atoms with Crippen molar-refractivity contribution in [2.45, 2.75) is 0 Å². The molecule has 1 N–H and O–H groups in total. The van der Waals surface area contributed by atoms with Gasteiger partial charge in [0.1, 0.15) is 0 Å². The van der Waals surface area contributed by atoms with Crippen molar-refractivity contribution in [1.29, 1.82) is 10.5 Å². The first-order valence-corrected chi connectivity index (χ1v) is 5.43. The van der Waals surface area contributed by atoms with Gasteiger partial charge in [-0.15, -0.1) is 0 Å². The molecule has 4 heteroatoms. The molecule has 0 spiro atoms. The zero-order valence-corrected chi connectivity index (χ0v) is 9.54. The van der Waals surface area contributed by atoms with E-state index in [1.165, 1.54) is 0 Å². The number of rotatable bonds is 2. The lowest BCUT2D eigenvalue weighted by Gasteiger charge is -2.07. The number of hydrogen-bond acceptors (Lipinski definition) is 3. The van der Waals surface area contributed by atoms with Crippen molar-refractivity contribution in [2.24, 2.45) is 0 Å². The van der Waals surface area contributed by atoms with E-state index in [1.807, 2.05) is 12.1 Å². The molecule has 0 aromatic heterocycles. The monoisotopic (exact) mass is 232 g/mol. The summed E-state index contributed by atoms with van der Waals surface area (Å²) in [4.78, 5) is 0. The zero-order chi connectivity index (χ0) is 13.0. The molecular formula is C14H9BN2O. The van der Waals surface area contributed by atoms with E-state index in [0.717, 1.165) is 0 Å². The quantitative estimate of drug-likeness (QED) is 0.767. The third-order valence-electron chi connectivity index (χ3n) is 2.66. The molecule has 3 nitrogen and oxygen atoms in total. The highest BCUT2D eigenvalue weighted by Crippen LogP contribution is 1.98. The van der Waals surface area contributed by atoms with E-state index in [1.54, 1.807) is 48.5 Å². The first-order chi connectivity index (χ1) is 8.74. The van der Waals surface area contributed by atoms with Crippen LogP contribution in [0.2, 0.25) is 0 Å². The Hall–Kier alpha value is -2.56. The molecule has 0 saturated heterocycles. The van der Waals surface area contributed by atoms with Crippen LogP contribution in [0.4, 0.5) is 0 Å². The van der Waals surface area contributed by atoms with Gasteiger partial charge in [0.25, 0.3) is 0 Å². The lowest BCUT2D eigenvalue weighted by Crippen LogP contribution is -2.42. The maximum absolute atomic E-state index is 10.2. The van der Waals surface area contributed by atoms with Gasteiger partial charge in [-0.25, -0.2) is 0 Å². The molecule has 0 unspecified atom stereocenters. The number of hydrogen-bond donors (Lipinski definition) is 1. The Labute approximate surface area is 106 Å². The molecule has 84 valence electrons. The summed E-state index contributed by atoms with van der Waals surface area (Å²) < 4.78 is 0. The maximum Gasteiger partial charge on any atom is 0.359 e. The number of benzene rings is 2. The second kappa shape index (κ2) is 5.18. The molecule has 0 aliphatic rings. The molecule has 0 fully saturated rings. The van der Waals surface area contributed by atoms with Gasteiger partial charge in [0.2, 0.25) is 0 Å². The molecule has 2 aromatic carbocycles. The van der Waals surface area contributed by atoms with E-state index in [4.69, 9.17) is 10.5 Å². The molecule has 0 heterocycles. The van der Waals surface area contributed by atoms with Crippen molar-refractivity contribution >= 4 is 17.8 Å². The lowest BCUT2D eigenvalue weighted by molar-refractivity contribution is 0.600. The Bertz CT molecular complexity index is 598. The van der Waals surface area contributed by atoms with Crippen molar-refractivity contribution in [3.63, 3.8) is 0 Å². The summed E-state index contributed by atoms with van der Waals surface area (Å²) >= 11 is 0. The van der Waals surface area contributed by atoms with Gasteiger partial charge < -0.3 is 5.02 Å². The summed E-state index contributed by atoms with van der Waals surface area (Å²) in [5, 5.41) is 27.9. The number of nitriles is 2. The van der Waals surface area contributed by atoms with Gasteiger partial charge in [0.15, 0.2) is 0 Å². The Kier molecular flexibility index (Phi) is 3.43. The summed E-state index contributed by atoms with van der Waals surface area (Å²) in [6.45, 7) is -0.827. The summed E-state index contributed by atoms with van der Waals surface area (Å²) in [7, 11) is 0. The minimum atomic E-state index is -0.827. The minimum absolute atomic E-state index is 0.503. The predicted octanol–water partition coefficient (Wildman–Crippen LogP) is 0.528. The topological polar surface area (TPSA) is 67.8 Å². The molecule has 2 aromatic rings. The minimum Gasteiger partial charge on any atom is -0.443 e. The van der Waals surface area contributed by atoms with Crippen LogP contribution in [0.5, 0.6) is 0 Å². The van der Waals surface area contributed by atoms with Crippen LogP contribution in [0.15, 0.2) is 48.5 Å². The van der Waals surface area contributed by atoms with Gasteiger partial charge in [-0.05, 0) is 35.2 Å². The molecule has 0 saturated carbocycles.